The van der Waals surface area contributed by atoms with Crippen LogP contribution in [0.5, 0.6) is 0 Å². The summed E-state index contributed by atoms with van der Waals surface area (Å²) in [6.07, 6.45) is -0.304. The average molecular weight is 271 g/mol. The molecule has 1 heterocycles. The lowest BCUT2D eigenvalue weighted by atomic mass is 10.3. The zero-order chi connectivity index (χ0) is 14.1. The van der Waals surface area contributed by atoms with Crippen LogP contribution >= 0.6 is 0 Å². The maximum Gasteiger partial charge on any atom is 0.117 e. The fourth-order valence-corrected chi connectivity index (χ4v) is 1.56. The van der Waals surface area contributed by atoms with Crippen molar-refractivity contribution < 1.29 is 19.0 Å². The van der Waals surface area contributed by atoms with Gasteiger partial charge >= 0.3 is 0 Å². The van der Waals surface area contributed by atoms with Crippen LogP contribution < -0.4 is 5.32 Å². The van der Waals surface area contributed by atoms with E-state index in [0.717, 1.165) is 11.5 Å². The Morgan fingerprint density at radius 1 is 1.32 bits per heavy atom. The third-order valence-corrected chi connectivity index (χ3v) is 2.46. The SMILES string of the molecule is Cc1ccc(CNCC(O)COCCOC(C)C)o1. The molecule has 0 bridgehead atoms. The summed E-state index contributed by atoms with van der Waals surface area (Å²) in [6, 6.07) is 3.85. The minimum atomic E-state index is -0.518. The first-order chi connectivity index (χ1) is 9.08. The highest BCUT2D eigenvalue weighted by molar-refractivity contribution is 5.05. The maximum absolute atomic E-state index is 9.68. The number of hydrogen-bond acceptors (Lipinski definition) is 5. The number of rotatable bonds is 10. The Hall–Kier alpha value is -0.880. The molecule has 0 aromatic carbocycles. The standard InChI is InChI=1S/C14H25NO4/c1-11(2)18-7-6-17-10-13(16)8-15-9-14-5-4-12(3)19-14/h4-5,11,13,15-16H,6-10H2,1-3H3. The molecule has 1 aromatic rings. The number of ether oxygens (including phenoxy) is 2. The molecule has 5 heteroatoms. The first kappa shape index (κ1) is 16.2. The largest absolute Gasteiger partial charge is 0.465 e. The van der Waals surface area contributed by atoms with E-state index in [-0.39, 0.29) is 6.10 Å². The van der Waals surface area contributed by atoms with Crippen LogP contribution in [0.3, 0.4) is 0 Å². The summed E-state index contributed by atoms with van der Waals surface area (Å²) in [4.78, 5) is 0. The molecule has 1 atom stereocenters. The minimum Gasteiger partial charge on any atom is -0.465 e. The van der Waals surface area contributed by atoms with Crippen LogP contribution in [-0.4, -0.2) is 43.7 Å². The molecule has 0 spiro atoms. The van der Waals surface area contributed by atoms with Crippen molar-refractivity contribution >= 4 is 0 Å². The minimum absolute atomic E-state index is 0.215. The molecular weight excluding hydrogens is 246 g/mol. The number of hydrogen-bond donors (Lipinski definition) is 2. The van der Waals surface area contributed by atoms with E-state index in [1.165, 1.54) is 0 Å². The van der Waals surface area contributed by atoms with Crippen LogP contribution in [0.4, 0.5) is 0 Å². The lowest BCUT2D eigenvalue weighted by Crippen LogP contribution is -2.30. The van der Waals surface area contributed by atoms with E-state index < -0.39 is 6.10 Å². The first-order valence-electron chi connectivity index (χ1n) is 6.71. The molecule has 1 rings (SSSR count). The molecule has 1 unspecified atom stereocenters. The highest BCUT2D eigenvalue weighted by Crippen LogP contribution is 2.05. The monoisotopic (exact) mass is 271 g/mol. The third kappa shape index (κ3) is 8.00. The van der Waals surface area contributed by atoms with Gasteiger partial charge in [0.2, 0.25) is 0 Å². The number of aryl methyl sites for hydroxylation is 1. The van der Waals surface area contributed by atoms with Gasteiger partial charge in [0, 0.05) is 6.54 Å². The maximum atomic E-state index is 9.68. The molecule has 110 valence electrons. The summed E-state index contributed by atoms with van der Waals surface area (Å²) in [6.45, 7) is 8.34. The van der Waals surface area contributed by atoms with Crippen molar-refractivity contribution in [1.82, 2.24) is 5.32 Å². The fourth-order valence-electron chi connectivity index (χ4n) is 1.56. The molecule has 0 aliphatic carbocycles. The molecule has 0 amide bonds. The molecule has 5 nitrogen and oxygen atoms in total. The quantitative estimate of drug-likeness (QED) is 0.631. The molecule has 0 saturated heterocycles. The van der Waals surface area contributed by atoms with Gasteiger partial charge in [0.25, 0.3) is 0 Å². The Balaban J connectivity index is 1.97. The highest BCUT2D eigenvalue weighted by atomic mass is 16.5. The van der Waals surface area contributed by atoms with E-state index >= 15 is 0 Å². The van der Waals surface area contributed by atoms with Gasteiger partial charge in [0.05, 0.1) is 38.6 Å². The van der Waals surface area contributed by atoms with Gasteiger partial charge in [-0.1, -0.05) is 0 Å². The van der Waals surface area contributed by atoms with Gasteiger partial charge in [-0.25, -0.2) is 0 Å². The van der Waals surface area contributed by atoms with E-state index in [9.17, 15) is 5.11 Å². The Labute approximate surface area is 114 Å². The van der Waals surface area contributed by atoms with Gasteiger partial charge in [-0.05, 0) is 32.9 Å². The summed E-state index contributed by atoms with van der Waals surface area (Å²) >= 11 is 0. The van der Waals surface area contributed by atoms with Crippen LogP contribution in [0.1, 0.15) is 25.4 Å². The predicted molar refractivity (Wildman–Crippen MR) is 73.1 cm³/mol. The molecule has 0 radical (unpaired) electrons. The number of furan rings is 1. The van der Waals surface area contributed by atoms with E-state index in [1.807, 2.05) is 32.9 Å². The van der Waals surface area contributed by atoms with Crippen molar-refractivity contribution in [2.45, 2.75) is 39.5 Å². The van der Waals surface area contributed by atoms with Crippen molar-refractivity contribution in [2.75, 3.05) is 26.4 Å². The van der Waals surface area contributed by atoms with Gasteiger partial charge in [-0.2, -0.15) is 0 Å². The highest BCUT2D eigenvalue weighted by Gasteiger charge is 2.05. The smallest absolute Gasteiger partial charge is 0.117 e. The molecule has 19 heavy (non-hydrogen) atoms. The van der Waals surface area contributed by atoms with E-state index in [2.05, 4.69) is 5.32 Å². The summed E-state index contributed by atoms with van der Waals surface area (Å²) < 4.78 is 16.1. The number of nitrogens with one attached hydrogen (secondary N) is 1. The zero-order valence-corrected chi connectivity index (χ0v) is 12.0. The fraction of sp³-hybridized carbons (Fsp3) is 0.714. The van der Waals surface area contributed by atoms with Gasteiger partial charge in [0.15, 0.2) is 0 Å². The topological polar surface area (TPSA) is 63.9 Å². The number of aliphatic hydroxyl groups excluding tert-OH is 1. The first-order valence-corrected chi connectivity index (χ1v) is 6.71. The summed E-state index contributed by atoms with van der Waals surface area (Å²) in [7, 11) is 0. The van der Waals surface area contributed by atoms with E-state index in [4.69, 9.17) is 13.9 Å². The molecule has 0 aliphatic heterocycles. The van der Waals surface area contributed by atoms with Crippen molar-refractivity contribution in [2.24, 2.45) is 0 Å². The van der Waals surface area contributed by atoms with Gasteiger partial charge in [-0.3, -0.25) is 0 Å². The second-order valence-corrected chi connectivity index (χ2v) is 4.79. The van der Waals surface area contributed by atoms with Gasteiger partial charge in [0.1, 0.15) is 11.5 Å². The summed E-state index contributed by atoms with van der Waals surface area (Å²) in [5, 5.41) is 12.8. The Morgan fingerprint density at radius 3 is 2.74 bits per heavy atom. The lowest BCUT2D eigenvalue weighted by Gasteiger charge is -2.12. The predicted octanol–water partition coefficient (Wildman–Crippen LogP) is 1.48. The van der Waals surface area contributed by atoms with Crippen molar-refractivity contribution in [3.05, 3.63) is 23.7 Å². The molecular formula is C14H25NO4. The molecule has 2 N–H and O–H groups in total. The van der Waals surface area contributed by atoms with Crippen LogP contribution in [0.2, 0.25) is 0 Å². The lowest BCUT2D eigenvalue weighted by molar-refractivity contribution is -0.0101. The van der Waals surface area contributed by atoms with Crippen LogP contribution in [0.25, 0.3) is 0 Å². The Bertz CT molecular complexity index is 338. The number of aliphatic hydroxyl groups is 1. The second kappa shape index (κ2) is 9.09. The third-order valence-electron chi connectivity index (χ3n) is 2.46. The molecule has 0 saturated carbocycles. The Morgan fingerprint density at radius 2 is 2.11 bits per heavy atom. The Kier molecular flexibility index (Phi) is 7.74. The van der Waals surface area contributed by atoms with E-state index in [0.29, 0.717) is 32.9 Å². The van der Waals surface area contributed by atoms with Crippen LogP contribution in [0, 0.1) is 6.92 Å². The van der Waals surface area contributed by atoms with Crippen molar-refractivity contribution in [3.63, 3.8) is 0 Å². The van der Waals surface area contributed by atoms with Crippen LogP contribution in [-0.2, 0) is 16.0 Å². The van der Waals surface area contributed by atoms with Crippen LogP contribution in [0.15, 0.2) is 16.5 Å². The molecule has 1 aromatic heterocycles. The van der Waals surface area contributed by atoms with Crippen molar-refractivity contribution in [1.29, 1.82) is 0 Å². The van der Waals surface area contributed by atoms with Gasteiger partial charge < -0.3 is 24.3 Å². The summed E-state index contributed by atoms with van der Waals surface area (Å²) in [5.41, 5.74) is 0. The van der Waals surface area contributed by atoms with Gasteiger partial charge in [-0.15, -0.1) is 0 Å². The molecule has 0 aliphatic rings. The molecule has 0 fully saturated rings. The van der Waals surface area contributed by atoms with Crippen molar-refractivity contribution in [3.8, 4) is 0 Å². The van der Waals surface area contributed by atoms with E-state index in [1.54, 1.807) is 0 Å². The summed E-state index contributed by atoms with van der Waals surface area (Å²) in [5.74, 6) is 1.77. The normalized spacial score (nSPS) is 13.1. The second-order valence-electron chi connectivity index (χ2n) is 4.79. The zero-order valence-electron chi connectivity index (χ0n) is 12.0. The average Bonchev–Trinajstić information content (AvgIpc) is 2.74.